The van der Waals surface area contributed by atoms with Crippen LogP contribution in [0.3, 0.4) is 0 Å². The molecule has 3 heterocycles. The van der Waals surface area contributed by atoms with Crippen LogP contribution in [-0.4, -0.2) is 20.2 Å². The van der Waals surface area contributed by atoms with E-state index < -0.39 is 5.41 Å². The molecule has 4 rings (SSSR count). The van der Waals surface area contributed by atoms with Crippen LogP contribution in [-0.2, 0) is 5.41 Å². The molecule has 1 fully saturated rings. The number of rotatable bonds is 4. The quantitative estimate of drug-likeness (QED) is 0.792. The van der Waals surface area contributed by atoms with E-state index in [1.165, 1.54) is 6.07 Å². The maximum absolute atomic E-state index is 14.2. The van der Waals surface area contributed by atoms with Crippen molar-refractivity contribution in [3.8, 4) is 11.3 Å². The molecule has 0 aromatic carbocycles. The van der Waals surface area contributed by atoms with Gasteiger partial charge in [0.2, 0.25) is 0 Å². The van der Waals surface area contributed by atoms with Gasteiger partial charge in [-0.2, -0.15) is 10.2 Å². The Morgan fingerprint density at radius 2 is 1.80 bits per heavy atom. The number of anilines is 1. The minimum Gasteiger partial charge on any atom is -0.383 e. The standard InChI is InChI=1S/C19H17FN5/c20-15-5-2-10-22-17(15)19(8-3-9-19)12-13-6-7-16(25-24-13)14-4-1-11-23-18(14)21/h1-2,4-7,10-12H,3,8-9H2,(H2,21,23). The molecule has 0 atom stereocenters. The van der Waals surface area contributed by atoms with Gasteiger partial charge in [0.05, 0.1) is 17.1 Å². The number of nitrogens with two attached hydrogens (primary N) is 1. The van der Waals surface area contributed by atoms with Crippen molar-refractivity contribution in [3.05, 3.63) is 72.4 Å². The van der Waals surface area contributed by atoms with Gasteiger partial charge < -0.3 is 5.73 Å². The number of nitrogens with zero attached hydrogens (tertiary/aromatic N) is 4. The van der Waals surface area contributed by atoms with E-state index in [1.807, 2.05) is 24.6 Å². The number of halogens is 1. The fraction of sp³-hybridized carbons (Fsp3) is 0.211. The number of hydrogen-bond acceptors (Lipinski definition) is 5. The topological polar surface area (TPSA) is 77.6 Å². The van der Waals surface area contributed by atoms with Gasteiger partial charge in [0, 0.05) is 29.8 Å². The minimum atomic E-state index is -0.394. The van der Waals surface area contributed by atoms with Gasteiger partial charge in [-0.15, -0.1) is 0 Å². The predicted molar refractivity (Wildman–Crippen MR) is 92.8 cm³/mol. The fourth-order valence-electron chi connectivity index (χ4n) is 3.24. The lowest BCUT2D eigenvalue weighted by Gasteiger charge is -2.41. The Morgan fingerprint density at radius 3 is 2.44 bits per heavy atom. The zero-order valence-electron chi connectivity index (χ0n) is 13.6. The van der Waals surface area contributed by atoms with Crippen LogP contribution in [0.2, 0.25) is 0 Å². The Labute approximate surface area is 145 Å². The molecule has 1 aliphatic carbocycles. The van der Waals surface area contributed by atoms with Gasteiger partial charge in [-0.05, 0) is 49.2 Å². The predicted octanol–water partition coefficient (Wildman–Crippen LogP) is 3.33. The molecule has 0 bridgehead atoms. The van der Waals surface area contributed by atoms with Gasteiger partial charge in [0.25, 0.3) is 0 Å². The Hall–Kier alpha value is -2.89. The largest absolute Gasteiger partial charge is 0.383 e. The Morgan fingerprint density at radius 1 is 1.00 bits per heavy atom. The summed E-state index contributed by atoms with van der Waals surface area (Å²) < 4.78 is 14.2. The van der Waals surface area contributed by atoms with Crippen LogP contribution in [0.5, 0.6) is 0 Å². The van der Waals surface area contributed by atoms with E-state index >= 15 is 0 Å². The third kappa shape index (κ3) is 2.84. The highest BCUT2D eigenvalue weighted by Gasteiger charge is 2.42. The normalized spacial score (nSPS) is 15.6. The molecular weight excluding hydrogens is 317 g/mol. The Kier molecular flexibility index (Phi) is 3.87. The molecule has 1 radical (unpaired) electrons. The van der Waals surface area contributed by atoms with E-state index in [-0.39, 0.29) is 5.82 Å². The van der Waals surface area contributed by atoms with Crippen molar-refractivity contribution in [2.75, 3.05) is 5.73 Å². The van der Waals surface area contributed by atoms with E-state index in [9.17, 15) is 4.39 Å². The summed E-state index contributed by atoms with van der Waals surface area (Å²) in [5.74, 6) is 0.144. The van der Waals surface area contributed by atoms with Crippen LogP contribution >= 0.6 is 0 Å². The van der Waals surface area contributed by atoms with Crippen LogP contribution < -0.4 is 5.73 Å². The van der Waals surface area contributed by atoms with Crippen LogP contribution in [0.1, 0.15) is 30.7 Å². The molecule has 3 aromatic rings. The fourth-order valence-corrected chi connectivity index (χ4v) is 3.24. The second-order valence-electron chi connectivity index (χ2n) is 6.27. The molecule has 0 amide bonds. The highest BCUT2D eigenvalue weighted by atomic mass is 19.1. The van der Waals surface area contributed by atoms with E-state index in [0.29, 0.717) is 22.9 Å². The van der Waals surface area contributed by atoms with Crippen LogP contribution in [0.25, 0.3) is 11.3 Å². The van der Waals surface area contributed by atoms with Crippen molar-refractivity contribution in [1.82, 2.24) is 20.2 Å². The first kappa shape index (κ1) is 15.6. The summed E-state index contributed by atoms with van der Waals surface area (Å²) >= 11 is 0. The third-order valence-electron chi connectivity index (χ3n) is 4.70. The van der Waals surface area contributed by atoms with Crippen LogP contribution in [0, 0.1) is 12.2 Å². The zero-order valence-corrected chi connectivity index (χ0v) is 13.6. The second-order valence-corrected chi connectivity index (χ2v) is 6.27. The molecule has 5 nitrogen and oxygen atoms in total. The van der Waals surface area contributed by atoms with Crippen molar-refractivity contribution in [2.24, 2.45) is 0 Å². The number of nitrogen functional groups attached to an aromatic ring is 1. The summed E-state index contributed by atoms with van der Waals surface area (Å²) in [6, 6.07) is 10.4. The summed E-state index contributed by atoms with van der Waals surface area (Å²) in [6.45, 7) is 0. The molecule has 125 valence electrons. The monoisotopic (exact) mass is 334 g/mol. The summed E-state index contributed by atoms with van der Waals surface area (Å²) in [7, 11) is 0. The molecule has 3 aromatic heterocycles. The van der Waals surface area contributed by atoms with Crippen LogP contribution in [0.15, 0.2) is 48.8 Å². The highest BCUT2D eigenvalue weighted by molar-refractivity contribution is 5.70. The highest BCUT2D eigenvalue weighted by Crippen LogP contribution is 2.47. The lowest BCUT2D eigenvalue weighted by molar-refractivity contribution is 0.274. The molecule has 0 aliphatic heterocycles. The van der Waals surface area contributed by atoms with Crippen molar-refractivity contribution < 1.29 is 4.39 Å². The van der Waals surface area contributed by atoms with E-state index in [0.717, 1.165) is 24.8 Å². The van der Waals surface area contributed by atoms with Crippen LogP contribution in [0.4, 0.5) is 10.2 Å². The molecule has 0 saturated heterocycles. The Bertz CT molecular complexity index is 890. The lowest BCUT2D eigenvalue weighted by atomic mass is 9.63. The molecule has 0 unspecified atom stereocenters. The van der Waals surface area contributed by atoms with Crippen molar-refractivity contribution in [1.29, 1.82) is 0 Å². The molecular formula is C19H17FN5. The second kappa shape index (κ2) is 6.20. The van der Waals surface area contributed by atoms with E-state index in [1.54, 1.807) is 24.5 Å². The molecule has 1 saturated carbocycles. The average molecular weight is 334 g/mol. The van der Waals surface area contributed by atoms with Gasteiger partial charge in [-0.1, -0.05) is 6.42 Å². The van der Waals surface area contributed by atoms with Gasteiger partial charge >= 0.3 is 0 Å². The molecule has 0 spiro atoms. The third-order valence-corrected chi connectivity index (χ3v) is 4.70. The average Bonchev–Trinajstić information content (AvgIpc) is 2.60. The summed E-state index contributed by atoms with van der Waals surface area (Å²) in [4.78, 5) is 8.33. The first-order chi connectivity index (χ1) is 12.2. The maximum Gasteiger partial charge on any atom is 0.145 e. The minimum absolute atomic E-state index is 0.272. The van der Waals surface area contributed by atoms with Crippen molar-refractivity contribution >= 4 is 5.82 Å². The summed E-state index contributed by atoms with van der Waals surface area (Å²) in [5, 5.41) is 8.53. The Balaban J connectivity index is 1.61. The van der Waals surface area contributed by atoms with Crippen molar-refractivity contribution in [2.45, 2.75) is 24.7 Å². The number of pyridine rings is 2. The number of aromatic nitrogens is 4. The maximum atomic E-state index is 14.2. The molecule has 6 heteroatoms. The molecule has 2 N–H and O–H groups in total. The van der Waals surface area contributed by atoms with Gasteiger partial charge in [-0.25, -0.2) is 9.37 Å². The van der Waals surface area contributed by atoms with Crippen molar-refractivity contribution in [3.63, 3.8) is 0 Å². The van der Waals surface area contributed by atoms with Gasteiger partial charge in [-0.3, -0.25) is 4.98 Å². The first-order valence-corrected chi connectivity index (χ1v) is 8.19. The zero-order chi connectivity index (χ0) is 17.3. The smallest absolute Gasteiger partial charge is 0.145 e. The summed E-state index contributed by atoms with van der Waals surface area (Å²) in [5.41, 5.74) is 8.09. The SMILES string of the molecule is Nc1ncccc1-c1ccc([CH]C2(c3ncccc3F)CCC2)nn1. The number of hydrogen-bond donors (Lipinski definition) is 1. The van der Waals surface area contributed by atoms with Gasteiger partial charge in [0.1, 0.15) is 11.6 Å². The molecule has 1 aliphatic rings. The molecule has 25 heavy (non-hydrogen) atoms. The van der Waals surface area contributed by atoms with Gasteiger partial charge in [0.15, 0.2) is 0 Å². The van der Waals surface area contributed by atoms with E-state index in [2.05, 4.69) is 20.2 Å². The first-order valence-electron chi connectivity index (χ1n) is 8.19. The summed E-state index contributed by atoms with van der Waals surface area (Å²) in [6.07, 6.45) is 8.01. The van der Waals surface area contributed by atoms with E-state index in [4.69, 9.17) is 5.73 Å². The lowest BCUT2D eigenvalue weighted by Crippen LogP contribution is -2.37.